The van der Waals surface area contributed by atoms with Crippen LogP contribution in [0.4, 0.5) is 10.1 Å². The molecule has 2 heterocycles. The van der Waals surface area contributed by atoms with Gasteiger partial charge in [-0.3, -0.25) is 14.5 Å². The zero-order valence-corrected chi connectivity index (χ0v) is 18.9. The van der Waals surface area contributed by atoms with Gasteiger partial charge in [-0.15, -0.1) is 11.3 Å². The Morgan fingerprint density at radius 1 is 1.12 bits per heavy atom. The highest BCUT2D eigenvalue weighted by Crippen LogP contribution is 2.26. The summed E-state index contributed by atoms with van der Waals surface area (Å²) in [6.07, 6.45) is 0.412. The largest absolute Gasteiger partial charge is 0.379 e. The molecule has 0 bridgehead atoms. The average molecular weight is 469 g/mol. The number of aromatic nitrogens is 1. The van der Waals surface area contributed by atoms with Gasteiger partial charge in [-0.2, -0.15) is 0 Å². The van der Waals surface area contributed by atoms with Gasteiger partial charge in [0, 0.05) is 49.2 Å². The number of halogens is 1. The van der Waals surface area contributed by atoms with Gasteiger partial charge in [-0.05, 0) is 29.8 Å². The topological polar surface area (TPSA) is 83.6 Å². The molecule has 1 aliphatic heterocycles. The quantitative estimate of drug-likeness (QED) is 0.528. The second kappa shape index (κ2) is 11.1. The van der Waals surface area contributed by atoms with Crippen molar-refractivity contribution >= 4 is 28.8 Å². The minimum Gasteiger partial charge on any atom is -0.379 e. The number of anilines is 1. The highest BCUT2D eigenvalue weighted by molar-refractivity contribution is 7.13. The molecule has 2 amide bonds. The van der Waals surface area contributed by atoms with Crippen molar-refractivity contribution in [1.29, 1.82) is 0 Å². The number of hydrogen-bond acceptors (Lipinski definition) is 6. The third-order valence-corrected chi connectivity index (χ3v) is 6.14. The number of ether oxygens (including phenoxy) is 1. The summed E-state index contributed by atoms with van der Waals surface area (Å²) in [5.74, 6) is -0.762. The first-order valence-corrected chi connectivity index (χ1v) is 11.6. The van der Waals surface area contributed by atoms with Crippen LogP contribution in [0.1, 0.15) is 22.5 Å². The fourth-order valence-corrected chi connectivity index (χ4v) is 4.30. The number of carbonyl (C=O) groups is 2. The standard InChI is InChI=1S/C24H25FN4O3S/c25-20-7-2-1-6-19(20)24-28-21(16-33-24)23(31)26-15-17-4-3-5-18(14-17)27-22(30)8-9-29-10-12-32-13-11-29/h1-7,14,16H,8-13,15H2,(H,26,31)(H,27,30). The van der Waals surface area contributed by atoms with Crippen LogP contribution in [0, 0.1) is 5.82 Å². The summed E-state index contributed by atoms with van der Waals surface area (Å²) < 4.78 is 19.3. The Morgan fingerprint density at radius 2 is 1.94 bits per heavy atom. The van der Waals surface area contributed by atoms with Crippen LogP contribution in [0.25, 0.3) is 10.6 Å². The summed E-state index contributed by atoms with van der Waals surface area (Å²) in [4.78, 5) is 31.3. The fourth-order valence-electron chi connectivity index (χ4n) is 3.48. The zero-order chi connectivity index (χ0) is 23.0. The first-order valence-electron chi connectivity index (χ1n) is 10.8. The van der Waals surface area contributed by atoms with Crippen molar-refractivity contribution in [3.05, 3.63) is 71.0 Å². The Balaban J connectivity index is 1.28. The third kappa shape index (κ3) is 6.44. The number of nitrogens with zero attached hydrogens (tertiary/aromatic N) is 2. The summed E-state index contributed by atoms with van der Waals surface area (Å²) in [5, 5.41) is 7.81. The predicted molar refractivity (Wildman–Crippen MR) is 126 cm³/mol. The highest BCUT2D eigenvalue weighted by Gasteiger charge is 2.15. The Labute approximate surface area is 195 Å². The van der Waals surface area contributed by atoms with E-state index in [0.717, 1.165) is 18.7 Å². The maximum atomic E-state index is 14.0. The highest BCUT2D eigenvalue weighted by atomic mass is 32.1. The van der Waals surface area contributed by atoms with Crippen molar-refractivity contribution in [1.82, 2.24) is 15.2 Å². The Morgan fingerprint density at radius 3 is 2.76 bits per heavy atom. The number of morpholine rings is 1. The number of hydrogen-bond donors (Lipinski definition) is 2. The van der Waals surface area contributed by atoms with Crippen molar-refractivity contribution < 1.29 is 18.7 Å². The minimum absolute atomic E-state index is 0.0502. The van der Waals surface area contributed by atoms with E-state index in [1.165, 1.54) is 17.4 Å². The van der Waals surface area contributed by atoms with Gasteiger partial charge in [-0.1, -0.05) is 24.3 Å². The van der Waals surface area contributed by atoms with Gasteiger partial charge >= 0.3 is 0 Å². The first kappa shape index (κ1) is 23.0. The minimum atomic E-state index is -0.373. The monoisotopic (exact) mass is 468 g/mol. The number of rotatable bonds is 8. The van der Waals surface area contributed by atoms with E-state index in [2.05, 4.69) is 20.5 Å². The molecule has 0 aliphatic carbocycles. The maximum Gasteiger partial charge on any atom is 0.271 e. The molecule has 1 aromatic heterocycles. The van der Waals surface area contributed by atoms with Gasteiger partial charge in [0.2, 0.25) is 5.91 Å². The van der Waals surface area contributed by atoms with Crippen LogP contribution >= 0.6 is 11.3 Å². The molecule has 0 spiro atoms. The molecule has 2 aromatic carbocycles. The molecular formula is C24H25FN4O3S. The van der Waals surface area contributed by atoms with Gasteiger partial charge in [0.15, 0.2) is 0 Å². The van der Waals surface area contributed by atoms with Crippen LogP contribution in [-0.4, -0.2) is 54.5 Å². The van der Waals surface area contributed by atoms with E-state index in [1.807, 2.05) is 24.3 Å². The fraction of sp³-hybridized carbons (Fsp3) is 0.292. The number of amides is 2. The maximum absolute atomic E-state index is 14.0. The van der Waals surface area contributed by atoms with Crippen LogP contribution < -0.4 is 10.6 Å². The second-order valence-electron chi connectivity index (χ2n) is 7.65. The second-order valence-corrected chi connectivity index (χ2v) is 8.51. The summed E-state index contributed by atoms with van der Waals surface area (Å²) >= 11 is 1.22. The number of benzene rings is 2. The normalized spacial score (nSPS) is 14.1. The lowest BCUT2D eigenvalue weighted by Gasteiger charge is -2.26. The van der Waals surface area contributed by atoms with E-state index >= 15 is 0 Å². The SMILES string of the molecule is O=C(CCN1CCOCC1)Nc1cccc(CNC(=O)c2csc(-c3ccccc3F)n2)c1. The molecule has 2 N–H and O–H groups in total. The van der Waals surface area contributed by atoms with Crippen molar-refractivity contribution in [3.63, 3.8) is 0 Å². The predicted octanol–water partition coefficient (Wildman–Crippen LogP) is 3.54. The molecule has 9 heteroatoms. The van der Waals surface area contributed by atoms with Crippen LogP contribution in [0.5, 0.6) is 0 Å². The molecule has 1 fully saturated rings. The molecular weight excluding hydrogens is 443 g/mol. The average Bonchev–Trinajstić information content (AvgIpc) is 3.33. The van der Waals surface area contributed by atoms with Gasteiger partial charge < -0.3 is 15.4 Å². The van der Waals surface area contributed by atoms with Crippen LogP contribution in [-0.2, 0) is 16.1 Å². The van der Waals surface area contributed by atoms with Gasteiger partial charge in [0.05, 0.1) is 13.2 Å². The Hall–Kier alpha value is -3.14. The Bertz CT molecular complexity index is 1110. The molecule has 33 heavy (non-hydrogen) atoms. The van der Waals surface area contributed by atoms with Gasteiger partial charge in [-0.25, -0.2) is 9.37 Å². The van der Waals surface area contributed by atoms with Crippen molar-refractivity contribution in [3.8, 4) is 10.6 Å². The molecule has 0 atom stereocenters. The summed E-state index contributed by atoms with van der Waals surface area (Å²) in [7, 11) is 0. The van der Waals surface area contributed by atoms with Gasteiger partial charge in [0.1, 0.15) is 16.5 Å². The van der Waals surface area contributed by atoms with Crippen molar-refractivity contribution in [2.45, 2.75) is 13.0 Å². The van der Waals surface area contributed by atoms with Crippen molar-refractivity contribution in [2.75, 3.05) is 38.2 Å². The van der Waals surface area contributed by atoms with E-state index in [-0.39, 0.29) is 29.9 Å². The van der Waals surface area contributed by atoms with E-state index in [9.17, 15) is 14.0 Å². The van der Waals surface area contributed by atoms with E-state index < -0.39 is 0 Å². The molecule has 0 unspecified atom stereocenters. The lowest BCUT2D eigenvalue weighted by Crippen LogP contribution is -2.38. The first-order chi connectivity index (χ1) is 16.1. The van der Waals surface area contributed by atoms with Crippen LogP contribution in [0.2, 0.25) is 0 Å². The number of nitrogens with one attached hydrogen (secondary N) is 2. The lowest BCUT2D eigenvalue weighted by molar-refractivity contribution is -0.116. The molecule has 0 radical (unpaired) electrons. The van der Waals surface area contributed by atoms with Crippen LogP contribution in [0.15, 0.2) is 53.9 Å². The summed E-state index contributed by atoms with van der Waals surface area (Å²) in [6, 6.07) is 13.7. The number of thiazole rings is 1. The third-order valence-electron chi connectivity index (χ3n) is 5.26. The molecule has 7 nitrogen and oxygen atoms in total. The number of carbonyl (C=O) groups excluding carboxylic acids is 2. The molecule has 4 rings (SSSR count). The molecule has 0 saturated carbocycles. The smallest absolute Gasteiger partial charge is 0.271 e. The summed E-state index contributed by atoms with van der Waals surface area (Å²) in [5.41, 5.74) is 2.15. The molecule has 1 saturated heterocycles. The Kier molecular flexibility index (Phi) is 7.77. The van der Waals surface area contributed by atoms with E-state index in [4.69, 9.17) is 4.74 Å². The zero-order valence-electron chi connectivity index (χ0n) is 18.1. The van der Waals surface area contributed by atoms with E-state index in [0.29, 0.717) is 42.4 Å². The van der Waals surface area contributed by atoms with Crippen molar-refractivity contribution in [2.24, 2.45) is 0 Å². The lowest BCUT2D eigenvalue weighted by atomic mass is 10.2. The van der Waals surface area contributed by atoms with E-state index in [1.54, 1.807) is 23.6 Å². The molecule has 172 valence electrons. The summed E-state index contributed by atoms with van der Waals surface area (Å²) in [6.45, 7) is 4.10. The van der Waals surface area contributed by atoms with Gasteiger partial charge in [0.25, 0.3) is 5.91 Å². The molecule has 1 aliphatic rings. The molecule has 3 aromatic rings. The van der Waals surface area contributed by atoms with Crippen LogP contribution in [0.3, 0.4) is 0 Å².